The van der Waals surface area contributed by atoms with E-state index in [0.29, 0.717) is 25.9 Å². The van der Waals surface area contributed by atoms with Gasteiger partial charge < -0.3 is 20.2 Å². The van der Waals surface area contributed by atoms with Crippen molar-refractivity contribution in [3.8, 4) is 5.75 Å². The lowest BCUT2D eigenvalue weighted by Crippen LogP contribution is -2.55. The van der Waals surface area contributed by atoms with E-state index >= 15 is 0 Å². The van der Waals surface area contributed by atoms with Gasteiger partial charge in [-0.15, -0.1) is 0 Å². The smallest absolute Gasteiger partial charge is 0.312 e. The summed E-state index contributed by atoms with van der Waals surface area (Å²) in [6.07, 6.45) is 1.78. The number of hydrogen-bond donors (Lipinski definition) is 3. The summed E-state index contributed by atoms with van der Waals surface area (Å²) in [6.45, 7) is 3.84. The lowest BCUT2D eigenvalue weighted by atomic mass is 9.73. The zero-order chi connectivity index (χ0) is 16.2. The predicted octanol–water partition coefficient (Wildman–Crippen LogP) is 1.87. The zero-order valence-corrected chi connectivity index (χ0v) is 13.0. The summed E-state index contributed by atoms with van der Waals surface area (Å²) in [4.78, 5) is 13.7. The predicted molar refractivity (Wildman–Crippen MR) is 83.9 cm³/mol. The minimum atomic E-state index is -0.982. The van der Waals surface area contributed by atoms with Crippen molar-refractivity contribution in [2.75, 3.05) is 19.6 Å². The molecule has 1 aliphatic heterocycles. The molecule has 0 unspecified atom stereocenters. The maximum atomic E-state index is 11.6. The molecule has 0 aromatic heterocycles. The number of carbonyl (C=O) groups is 1. The normalized spacial score (nSPS) is 26.0. The fourth-order valence-corrected chi connectivity index (χ4v) is 3.28. The molecule has 1 aromatic carbocycles. The molecule has 0 radical (unpaired) electrons. The van der Waals surface area contributed by atoms with E-state index in [-0.39, 0.29) is 5.75 Å². The first-order valence-electron chi connectivity index (χ1n) is 7.89. The summed E-state index contributed by atoms with van der Waals surface area (Å²) in [5.74, 6) is -0.622. The molecule has 1 aromatic rings. The summed E-state index contributed by atoms with van der Waals surface area (Å²) < 4.78 is 0. The SMILES string of the molecule is CCC[C@]1(C(=O)O)CCN(CCc2ccc(O)cc2)C[C@H]1O. The number of phenolic OH excluding ortho intramolecular Hbond substituents is 1. The van der Waals surface area contributed by atoms with Gasteiger partial charge >= 0.3 is 5.97 Å². The average molecular weight is 307 g/mol. The Hall–Kier alpha value is -1.59. The second kappa shape index (κ2) is 7.11. The van der Waals surface area contributed by atoms with Crippen molar-refractivity contribution < 1.29 is 20.1 Å². The fraction of sp³-hybridized carbons (Fsp3) is 0.588. The van der Waals surface area contributed by atoms with Crippen LogP contribution < -0.4 is 0 Å². The number of likely N-dealkylation sites (tertiary alicyclic amines) is 1. The van der Waals surface area contributed by atoms with Crippen molar-refractivity contribution in [1.82, 2.24) is 4.90 Å². The Morgan fingerprint density at radius 3 is 2.59 bits per heavy atom. The van der Waals surface area contributed by atoms with Gasteiger partial charge in [0.15, 0.2) is 0 Å². The fourth-order valence-electron chi connectivity index (χ4n) is 3.28. The van der Waals surface area contributed by atoms with Gasteiger partial charge in [-0.05, 0) is 43.5 Å². The summed E-state index contributed by atoms with van der Waals surface area (Å²) in [5, 5.41) is 29.1. The minimum absolute atomic E-state index is 0.253. The van der Waals surface area contributed by atoms with Crippen LogP contribution in [0.1, 0.15) is 31.7 Å². The van der Waals surface area contributed by atoms with Crippen LogP contribution in [-0.2, 0) is 11.2 Å². The molecule has 0 aliphatic carbocycles. The molecule has 0 saturated carbocycles. The van der Waals surface area contributed by atoms with Crippen LogP contribution in [-0.4, -0.2) is 51.9 Å². The third-order valence-corrected chi connectivity index (χ3v) is 4.72. The molecule has 0 amide bonds. The Labute approximate surface area is 131 Å². The minimum Gasteiger partial charge on any atom is -0.508 e. The highest BCUT2D eigenvalue weighted by Crippen LogP contribution is 2.36. The highest BCUT2D eigenvalue weighted by molar-refractivity contribution is 5.75. The van der Waals surface area contributed by atoms with Crippen LogP contribution >= 0.6 is 0 Å². The van der Waals surface area contributed by atoms with E-state index in [1.165, 1.54) is 0 Å². The molecule has 1 fully saturated rings. The Morgan fingerprint density at radius 2 is 2.05 bits per heavy atom. The lowest BCUT2D eigenvalue weighted by Gasteiger charge is -2.42. The molecule has 22 heavy (non-hydrogen) atoms. The quantitative estimate of drug-likeness (QED) is 0.747. The maximum Gasteiger partial charge on any atom is 0.312 e. The van der Waals surface area contributed by atoms with Crippen LogP contribution in [0.5, 0.6) is 5.75 Å². The van der Waals surface area contributed by atoms with Gasteiger partial charge in [-0.1, -0.05) is 25.5 Å². The van der Waals surface area contributed by atoms with Gasteiger partial charge in [-0.2, -0.15) is 0 Å². The van der Waals surface area contributed by atoms with Crippen LogP contribution in [0.2, 0.25) is 0 Å². The summed E-state index contributed by atoms with van der Waals surface area (Å²) in [7, 11) is 0. The second-order valence-electron chi connectivity index (χ2n) is 6.19. The highest BCUT2D eigenvalue weighted by atomic mass is 16.4. The van der Waals surface area contributed by atoms with Crippen molar-refractivity contribution >= 4 is 5.97 Å². The van der Waals surface area contributed by atoms with Gasteiger partial charge in [0.2, 0.25) is 0 Å². The first-order valence-corrected chi connectivity index (χ1v) is 7.89. The molecule has 2 rings (SSSR count). The van der Waals surface area contributed by atoms with E-state index in [0.717, 1.165) is 24.9 Å². The molecule has 122 valence electrons. The first-order chi connectivity index (χ1) is 10.5. The third-order valence-electron chi connectivity index (χ3n) is 4.72. The van der Waals surface area contributed by atoms with Crippen molar-refractivity contribution in [3.05, 3.63) is 29.8 Å². The lowest BCUT2D eigenvalue weighted by molar-refractivity contribution is -0.163. The Kier molecular flexibility index (Phi) is 5.42. The molecule has 1 aliphatic rings. The van der Waals surface area contributed by atoms with Crippen molar-refractivity contribution in [1.29, 1.82) is 0 Å². The molecule has 2 atom stereocenters. The number of nitrogens with zero attached hydrogens (tertiary/aromatic N) is 1. The van der Waals surface area contributed by atoms with Gasteiger partial charge in [0.05, 0.1) is 11.5 Å². The zero-order valence-electron chi connectivity index (χ0n) is 13.0. The number of aliphatic hydroxyl groups is 1. The van der Waals surface area contributed by atoms with Crippen LogP contribution in [0.4, 0.5) is 0 Å². The number of rotatable bonds is 6. The van der Waals surface area contributed by atoms with E-state index in [4.69, 9.17) is 0 Å². The molecule has 0 bridgehead atoms. The number of carboxylic acid groups (broad SMARTS) is 1. The molecular weight excluding hydrogens is 282 g/mol. The van der Waals surface area contributed by atoms with Crippen LogP contribution in [0.15, 0.2) is 24.3 Å². The standard InChI is InChI=1S/C17H25NO4/c1-2-8-17(16(21)22)9-11-18(12-15(17)20)10-7-13-3-5-14(19)6-4-13/h3-6,15,19-20H,2,7-12H2,1H3,(H,21,22)/t15-,17+/m1/s1. The molecular formula is C17H25NO4. The Morgan fingerprint density at radius 1 is 1.36 bits per heavy atom. The number of aromatic hydroxyl groups is 1. The topological polar surface area (TPSA) is 81.0 Å². The number of hydrogen-bond acceptors (Lipinski definition) is 4. The Balaban J connectivity index is 1.92. The van der Waals surface area contributed by atoms with Crippen LogP contribution in [0.3, 0.4) is 0 Å². The van der Waals surface area contributed by atoms with E-state index < -0.39 is 17.5 Å². The number of carboxylic acids is 1. The van der Waals surface area contributed by atoms with E-state index in [1.807, 2.05) is 19.1 Å². The number of benzene rings is 1. The van der Waals surface area contributed by atoms with Gasteiger partial charge in [0, 0.05) is 13.1 Å². The number of β-amino-alcohol motifs (C(OH)–C–C–N with tert-alkyl or cyclic N) is 1. The maximum absolute atomic E-state index is 11.6. The van der Waals surface area contributed by atoms with Gasteiger partial charge in [-0.3, -0.25) is 4.79 Å². The van der Waals surface area contributed by atoms with Gasteiger partial charge in [0.1, 0.15) is 5.75 Å². The highest BCUT2D eigenvalue weighted by Gasteiger charge is 2.47. The molecule has 3 N–H and O–H groups in total. The summed E-state index contributed by atoms with van der Waals surface area (Å²) >= 11 is 0. The number of aliphatic carboxylic acids is 1. The van der Waals surface area contributed by atoms with Crippen molar-refractivity contribution in [2.24, 2.45) is 5.41 Å². The third kappa shape index (κ3) is 3.59. The first kappa shape index (κ1) is 16.8. The monoisotopic (exact) mass is 307 g/mol. The molecule has 5 heteroatoms. The van der Waals surface area contributed by atoms with Crippen LogP contribution in [0, 0.1) is 5.41 Å². The summed E-state index contributed by atoms with van der Waals surface area (Å²) in [6, 6.07) is 7.09. The van der Waals surface area contributed by atoms with Crippen LogP contribution in [0.25, 0.3) is 0 Å². The summed E-state index contributed by atoms with van der Waals surface area (Å²) in [5.41, 5.74) is 0.139. The second-order valence-corrected chi connectivity index (χ2v) is 6.19. The molecule has 1 saturated heterocycles. The van der Waals surface area contributed by atoms with E-state index in [9.17, 15) is 20.1 Å². The average Bonchev–Trinajstić information content (AvgIpc) is 2.49. The molecule has 5 nitrogen and oxygen atoms in total. The number of aliphatic hydroxyl groups excluding tert-OH is 1. The van der Waals surface area contributed by atoms with Crippen molar-refractivity contribution in [2.45, 2.75) is 38.7 Å². The number of phenols is 1. The Bertz CT molecular complexity index is 502. The van der Waals surface area contributed by atoms with E-state index in [2.05, 4.69) is 4.90 Å². The van der Waals surface area contributed by atoms with Gasteiger partial charge in [-0.25, -0.2) is 0 Å². The largest absolute Gasteiger partial charge is 0.508 e. The molecule has 1 heterocycles. The van der Waals surface area contributed by atoms with E-state index in [1.54, 1.807) is 12.1 Å². The van der Waals surface area contributed by atoms with Gasteiger partial charge in [0.25, 0.3) is 0 Å². The molecule has 0 spiro atoms. The van der Waals surface area contributed by atoms with Crippen molar-refractivity contribution in [3.63, 3.8) is 0 Å². The number of piperidine rings is 1.